The third kappa shape index (κ3) is 6.12. The first-order valence-corrected chi connectivity index (χ1v) is 8.84. The van der Waals surface area contributed by atoms with Gasteiger partial charge in [0.25, 0.3) is 5.91 Å². The first kappa shape index (κ1) is 20.5. The monoisotopic (exact) mass is 381 g/mol. The summed E-state index contributed by atoms with van der Waals surface area (Å²) in [7, 11) is 0. The summed E-state index contributed by atoms with van der Waals surface area (Å²) in [5.41, 5.74) is 4.67. The first-order chi connectivity index (χ1) is 12.9. The summed E-state index contributed by atoms with van der Waals surface area (Å²) in [4.78, 5) is 37.6. The number of carbonyl (C=O) groups excluding carboxylic acids is 3. The average Bonchev–Trinajstić information content (AvgIpc) is 2.67. The molecule has 1 aromatic carbocycles. The smallest absolute Gasteiger partial charge is 0.409 e. The van der Waals surface area contributed by atoms with Crippen molar-refractivity contribution in [1.82, 2.24) is 15.8 Å². The Morgan fingerprint density at radius 2 is 1.96 bits per heavy atom. The van der Waals surface area contributed by atoms with Crippen molar-refractivity contribution in [3.63, 3.8) is 0 Å². The number of piperidine rings is 1. The molecule has 0 aliphatic carbocycles. The fraction of sp³-hybridized carbons (Fsp3) is 0.500. The number of benzene rings is 1. The molecule has 8 nitrogen and oxygen atoms in total. The van der Waals surface area contributed by atoms with Crippen LogP contribution in [0, 0.1) is 11.7 Å². The molecule has 1 aromatic rings. The van der Waals surface area contributed by atoms with Crippen LogP contribution in [0.15, 0.2) is 24.3 Å². The zero-order valence-corrected chi connectivity index (χ0v) is 15.4. The topological polar surface area (TPSA) is 97.0 Å². The van der Waals surface area contributed by atoms with Crippen LogP contribution in [0.3, 0.4) is 0 Å². The van der Waals surface area contributed by atoms with Gasteiger partial charge in [-0.3, -0.25) is 20.4 Å². The molecule has 0 aromatic heterocycles. The maximum atomic E-state index is 12.9. The number of nitrogens with one attached hydrogen (secondary N) is 2. The molecule has 1 aliphatic heterocycles. The SMILES string of the molecule is CCOC(=O)N1CCCC(C(=O)NNC(=O)C(C)Oc2ccc(F)cc2)C1. The molecule has 1 fully saturated rings. The Bertz CT molecular complexity index is 667. The van der Waals surface area contributed by atoms with Crippen LogP contribution in [0.2, 0.25) is 0 Å². The lowest BCUT2D eigenvalue weighted by molar-refractivity contribution is -0.135. The van der Waals surface area contributed by atoms with Gasteiger partial charge in [0.05, 0.1) is 12.5 Å². The highest BCUT2D eigenvalue weighted by Gasteiger charge is 2.29. The number of amides is 3. The van der Waals surface area contributed by atoms with Crippen molar-refractivity contribution in [3.8, 4) is 5.75 Å². The highest BCUT2D eigenvalue weighted by atomic mass is 19.1. The lowest BCUT2D eigenvalue weighted by atomic mass is 9.98. The van der Waals surface area contributed by atoms with Gasteiger partial charge in [-0.25, -0.2) is 9.18 Å². The Hall–Kier alpha value is -2.84. The van der Waals surface area contributed by atoms with Crippen molar-refractivity contribution in [1.29, 1.82) is 0 Å². The van der Waals surface area contributed by atoms with Gasteiger partial charge in [-0.1, -0.05) is 0 Å². The quantitative estimate of drug-likeness (QED) is 0.756. The summed E-state index contributed by atoms with van der Waals surface area (Å²) in [6.45, 7) is 4.28. The van der Waals surface area contributed by atoms with Crippen molar-refractivity contribution in [2.24, 2.45) is 5.92 Å². The third-order valence-electron chi connectivity index (χ3n) is 4.12. The number of hydrogen-bond acceptors (Lipinski definition) is 5. The van der Waals surface area contributed by atoms with E-state index in [1.54, 1.807) is 6.92 Å². The predicted octanol–water partition coefficient (Wildman–Crippen LogP) is 1.61. The number of halogens is 1. The molecule has 27 heavy (non-hydrogen) atoms. The van der Waals surface area contributed by atoms with Crippen LogP contribution in [0.1, 0.15) is 26.7 Å². The zero-order valence-electron chi connectivity index (χ0n) is 15.4. The van der Waals surface area contributed by atoms with Crippen molar-refractivity contribution < 1.29 is 28.2 Å². The largest absolute Gasteiger partial charge is 0.481 e. The summed E-state index contributed by atoms with van der Waals surface area (Å²) < 4.78 is 23.2. The number of hydrazine groups is 1. The second-order valence-corrected chi connectivity index (χ2v) is 6.18. The van der Waals surface area contributed by atoms with Gasteiger partial charge in [0.2, 0.25) is 5.91 Å². The fourth-order valence-corrected chi connectivity index (χ4v) is 2.67. The van der Waals surface area contributed by atoms with Crippen molar-refractivity contribution >= 4 is 17.9 Å². The zero-order chi connectivity index (χ0) is 19.8. The number of nitrogens with zero attached hydrogens (tertiary/aromatic N) is 1. The van der Waals surface area contributed by atoms with Crippen LogP contribution in [0.4, 0.5) is 9.18 Å². The van der Waals surface area contributed by atoms with Gasteiger partial charge in [0.1, 0.15) is 11.6 Å². The Morgan fingerprint density at radius 3 is 2.63 bits per heavy atom. The molecule has 3 amide bonds. The standard InChI is InChI=1S/C18H24FN3O5/c1-3-26-18(25)22-10-4-5-13(11-22)17(24)21-20-16(23)12(2)27-15-8-6-14(19)7-9-15/h6-9,12-13H,3-5,10-11H2,1-2H3,(H,20,23)(H,21,24). The number of ether oxygens (including phenoxy) is 2. The van der Waals surface area contributed by atoms with Crippen LogP contribution < -0.4 is 15.6 Å². The molecule has 1 heterocycles. The lowest BCUT2D eigenvalue weighted by Gasteiger charge is -2.31. The molecule has 2 unspecified atom stereocenters. The van der Waals surface area contributed by atoms with Crippen LogP contribution >= 0.6 is 0 Å². The molecule has 2 rings (SSSR count). The van der Waals surface area contributed by atoms with Crippen molar-refractivity contribution in [2.45, 2.75) is 32.8 Å². The molecule has 2 N–H and O–H groups in total. The Morgan fingerprint density at radius 1 is 1.26 bits per heavy atom. The number of likely N-dealkylation sites (tertiary alicyclic amines) is 1. The molecule has 0 saturated carbocycles. The number of rotatable bonds is 5. The second-order valence-electron chi connectivity index (χ2n) is 6.18. The van der Waals surface area contributed by atoms with E-state index >= 15 is 0 Å². The highest BCUT2D eigenvalue weighted by Crippen LogP contribution is 2.17. The summed E-state index contributed by atoms with van der Waals surface area (Å²) in [5, 5.41) is 0. The summed E-state index contributed by atoms with van der Waals surface area (Å²) >= 11 is 0. The normalized spacial score (nSPS) is 17.6. The summed E-state index contributed by atoms with van der Waals surface area (Å²) in [6, 6.07) is 5.26. The number of carbonyl (C=O) groups is 3. The Balaban J connectivity index is 1.78. The van der Waals surface area contributed by atoms with E-state index in [1.807, 2.05) is 0 Å². The number of hydrogen-bond donors (Lipinski definition) is 2. The van der Waals surface area contributed by atoms with Gasteiger partial charge in [0.15, 0.2) is 6.10 Å². The molecule has 1 saturated heterocycles. The van der Waals surface area contributed by atoms with E-state index < -0.39 is 29.8 Å². The van der Waals surface area contributed by atoms with E-state index in [4.69, 9.17) is 9.47 Å². The summed E-state index contributed by atoms with van der Waals surface area (Å²) in [6.07, 6.45) is -0.0488. The third-order valence-corrected chi connectivity index (χ3v) is 4.12. The molecule has 0 bridgehead atoms. The predicted molar refractivity (Wildman–Crippen MR) is 94.1 cm³/mol. The first-order valence-electron chi connectivity index (χ1n) is 8.84. The lowest BCUT2D eigenvalue weighted by Crippen LogP contribution is -2.52. The minimum absolute atomic E-state index is 0.238. The molecule has 0 radical (unpaired) electrons. The van der Waals surface area contributed by atoms with Crippen LogP contribution in [-0.4, -0.2) is 48.6 Å². The van der Waals surface area contributed by atoms with Gasteiger partial charge in [-0.2, -0.15) is 0 Å². The van der Waals surface area contributed by atoms with E-state index in [2.05, 4.69) is 10.9 Å². The maximum Gasteiger partial charge on any atom is 0.409 e. The van der Waals surface area contributed by atoms with Crippen LogP contribution in [-0.2, 0) is 14.3 Å². The average molecular weight is 381 g/mol. The van der Waals surface area contributed by atoms with Crippen LogP contribution in [0.25, 0.3) is 0 Å². The van der Waals surface area contributed by atoms with E-state index in [-0.39, 0.29) is 19.1 Å². The van der Waals surface area contributed by atoms with E-state index in [1.165, 1.54) is 36.1 Å². The van der Waals surface area contributed by atoms with Crippen molar-refractivity contribution in [3.05, 3.63) is 30.1 Å². The Kier molecular flexibility index (Phi) is 7.39. The highest BCUT2D eigenvalue weighted by molar-refractivity contribution is 5.86. The van der Waals surface area contributed by atoms with Gasteiger partial charge in [-0.05, 0) is 51.0 Å². The van der Waals surface area contributed by atoms with E-state index in [9.17, 15) is 18.8 Å². The molecular formula is C18H24FN3O5. The Labute approximate surface area is 157 Å². The van der Waals surface area contributed by atoms with E-state index in [0.717, 1.165) is 0 Å². The summed E-state index contributed by atoms with van der Waals surface area (Å²) in [5.74, 6) is -1.44. The molecule has 148 valence electrons. The minimum atomic E-state index is -0.891. The maximum absolute atomic E-state index is 12.9. The van der Waals surface area contributed by atoms with E-state index in [0.29, 0.717) is 25.1 Å². The fourth-order valence-electron chi connectivity index (χ4n) is 2.67. The van der Waals surface area contributed by atoms with Gasteiger partial charge in [0, 0.05) is 13.1 Å². The molecule has 9 heteroatoms. The van der Waals surface area contributed by atoms with Gasteiger partial charge >= 0.3 is 6.09 Å². The molecular weight excluding hydrogens is 357 g/mol. The molecule has 0 spiro atoms. The van der Waals surface area contributed by atoms with Gasteiger partial charge in [-0.15, -0.1) is 0 Å². The molecule has 1 aliphatic rings. The van der Waals surface area contributed by atoms with Gasteiger partial charge < -0.3 is 14.4 Å². The minimum Gasteiger partial charge on any atom is -0.481 e. The second kappa shape index (κ2) is 9.75. The van der Waals surface area contributed by atoms with Crippen LogP contribution in [0.5, 0.6) is 5.75 Å². The molecule has 2 atom stereocenters. The van der Waals surface area contributed by atoms with Crippen molar-refractivity contribution in [2.75, 3.05) is 19.7 Å².